The van der Waals surface area contributed by atoms with Crippen molar-refractivity contribution in [3.63, 3.8) is 0 Å². The molecular formula is C21H27N7O2. The van der Waals surface area contributed by atoms with Crippen LogP contribution in [0.15, 0.2) is 30.5 Å². The number of carbonyl (C=O) groups excluding carboxylic acids is 2. The highest BCUT2D eigenvalue weighted by Gasteiger charge is 2.29. The van der Waals surface area contributed by atoms with E-state index in [9.17, 15) is 9.59 Å². The van der Waals surface area contributed by atoms with Crippen LogP contribution in [0.25, 0.3) is 11.0 Å². The number of carbonyl (C=O) groups is 2. The summed E-state index contributed by atoms with van der Waals surface area (Å²) >= 11 is 0. The second-order valence-corrected chi connectivity index (χ2v) is 7.88. The van der Waals surface area contributed by atoms with E-state index in [2.05, 4.69) is 27.9 Å². The molecule has 0 bridgehead atoms. The van der Waals surface area contributed by atoms with E-state index >= 15 is 0 Å². The molecule has 1 saturated heterocycles. The standard InChI is InChI=1S/C21H27N7O2/c1-4-19-22-16-9-5-6-10-18(16)28(19)15-8-7-11-26(12-15)21(30)17-13-27(24-23-17)14-20(29)25(2)3/h5-6,9-10,13,15H,4,7-8,11-12,14H2,1-3H3. The number of benzene rings is 1. The van der Waals surface area contributed by atoms with Crippen molar-refractivity contribution in [2.24, 2.45) is 0 Å². The summed E-state index contributed by atoms with van der Waals surface area (Å²) in [5.41, 5.74) is 2.38. The van der Waals surface area contributed by atoms with Crippen LogP contribution in [0, 0.1) is 0 Å². The summed E-state index contributed by atoms with van der Waals surface area (Å²) in [7, 11) is 3.37. The number of likely N-dealkylation sites (tertiary alicyclic amines) is 1. The Balaban J connectivity index is 1.53. The van der Waals surface area contributed by atoms with E-state index in [4.69, 9.17) is 4.98 Å². The fourth-order valence-corrected chi connectivity index (χ4v) is 4.02. The van der Waals surface area contributed by atoms with Crippen LogP contribution in [0.4, 0.5) is 0 Å². The maximum absolute atomic E-state index is 13.1. The fraction of sp³-hybridized carbons (Fsp3) is 0.476. The van der Waals surface area contributed by atoms with Crippen molar-refractivity contribution in [3.05, 3.63) is 42.0 Å². The van der Waals surface area contributed by atoms with Gasteiger partial charge in [-0.2, -0.15) is 0 Å². The first-order valence-corrected chi connectivity index (χ1v) is 10.3. The zero-order chi connectivity index (χ0) is 21.3. The molecule has 3 aromatic rings. The molecule has 2 amide bonds. The number of fused-ring (bicyclic) bond motifs is 1. The minimum absolute atomic E-state index is 0.0663. The van der Waals surface area contributed by atoms with E-state index in [-0.39, 0.29) is 30.1 Å². The van der Waals surface area contributed by atoms with Gasteiger partial charge in [-0.25, -0.2) is 9.67 Å². The molecule has 0 spiro atoms. The molecule has 2 aromatic heterocycles. The number of nitrogens with zero attached hydrogens (tertiary/aromatic N) is 7. The third-order valence-corrected chi connectivity index (χ3v) is 5.59. The summed E-state index contributed by atoms with van der Waals surface area (Å²) in [6, 6.07) is 8.33. The summed E-state index contributed by atoms with van der Waals surface area (Å²) in [5.74, 6) is 0.797. The molecule has 0 radical (unpaired) electrons. The highest BCUT2D eigenvalue weighted by molar-refractivity contribution is 5.92. The van der Waals surface area contributed by atoms with Crippen LogP contribution in [0.1, 0.15) is 42.1 Å². The topological polar surface area (TPSA) is 89.2 Å². The van der Waals surface area contributed by atoms with Gasteiger partial charge >= 0.3 is 0 Å². The Kier molecular flexibility index (Phi) is 5.52. The number of piperidine rings is 1. The Morgan fingerprint density at radius 1 is 1.23 bits per heavy atom. The van der Waals surface area contributed by atoms with Gasteiger partial charge in [-0.3, -0.25) is 9.59 Å². The predicted molar refractivity (Wildman–Crippen MR) is 112 cm³/mol. The lowest BCUT2D eigenvalue weighted by Crippen LogP contribution is -2.41. The van der Waals surface area contributed by atoms with Crippen molar-refractivity contribution in [1.82, 2.24) is 34.3 Å². The Morgan fingerprint density at radius 3 is 2.80 bits per heavy atom. The second-order valence-electron chi connectivity index (χ2n) is 7.88. The third-order valence-electron chi connectivity index (χ3n) is 5.59. The molecule has 1 aromatic carbocycles. The summed E-state index contributed by atoms with van der Waals surface area (Å²) in [4.78, 5) is 33.0. The van der Waals surface area contributed by atoms with Gasteiger partial charge in [0.1, 0.15) is 12.4 Å². The summed E-state index contributed by atoms with van der Waals surface area (Å²) in [6.45, 7) is 3.47. The molecule has 1 aliphatic heterocycles. The Morgan fingerprint density at radius 2 is 2.03 bits per heavy atom. The largest absolute Gasteiger partial charge is 0.347 e. The van der Waals surface area contributed by atoms with Crippen LogP contribution >= 0.6 is 0 Å². The number of aryl methyl sites for hydroxylation is 1. The van der Waals surface area contributed by atoms with E-state index in [0.717, 1.165) is 36.1 Å². The van der Waals surface area contributed by atoms with E-state index in [1.165, 1.54) is 9.58 Å². The zero-order valence-corrected chi connectivity index (χ0v) is 17.7. The first kappa shape index (κ1) is 20.1. The summed E-state index contributed by atoms with van der Waals surface area (Å²) in [6.07, 6.45) is 4.31. The number of hydrogen-bond acceptors (Lipinski definition) is 5. The van der Waals surface area contributed by atoms with Gasteiger partial charge in [-0.05, 0) is 25.0 Å². The Hall–Kier alpha value is -3.23. The monoisotopic (exact) mass is 409 g/mol. The molecule has 9 nitrogen and oxygen atoms in total. The van der Waals surface area contributed by atoms with Gasteiger partial charge in [-0.1, -0.05) is 24.3 Å². The molecule has 3 heterocycles. The lowest BCUT2D eigenvalue weighted by molar-refractivity contribution is -0.129. The molecule has 1 fully saturated rings. The van der Waals surface area contributed by atoms with Crippen LogP contribution in [0.5, 0.6) is 0 Å². The van der Waals surface area contributed by atoms with Crippen LogP contribution in [-0.2, 0) is 17.8 Å². The second kappa shape index (κ2) is 8.25. The lowest BCUT2D eigenvalue weighted by Gasteiger charge is -2.34. The molecule has 158 valence electrons. The van der Waals surface area contributed by atoms with E-state index in [0.29, 0.717) is 13.1 Å². The van der Waals surface area contributed by atoms with Gasteiger partial charge in [0.15, 0.2) is 5.69 Å². The molecule has 0 aliphatic carbocycles. The van der Waals surface area contributed by atoms with Crippen LogP contribution in [-0.4, -0.2) is 73.3 Å². The first-order chi connectivity index (χ1) is 14.5. The molecule has 4 rings (SSSR count). The minimum atomic E-state index is -0.147. The normalized spacial score (nSPS) is 16.8. The number of para-hydroxylation sites is 2. The molecule has 30 heavy (non-hydrogen) atoms. The van der Waals surface area contributed by atoms with Gasteiger partial charge in [-0.15, -0.1) is 5.10 Å². The van der Waals surface area contributed by atoms with Gasteiger partial charge < -0.3 is 14.4 Å². The Labute approximate surface area is 175 Å². The molecule has 0 saturated carbocycles. The smallest absolute Gasteiger partial charge is 0.276 e. The molecule has 1 atom stereocenters. The van der Waals surface area contributed by atoms with Gasteiger partial charge in [0.2, 0.25) is 5.91 Å². The number of amides is 2. The average molecular weight is 409 g/mol. The highest BCUT2D eigenvalue weighted by atomic mass is 16.2. The molecule has 9 heteroatoms. The summed E-state index contributed by atoms with van der Waals surface area (Å²) < 4.78 is 3.71. The van der Waals surface area contributed by atoms with Crippen molar-refractivity contribution in [2.75, 3.05) is 27.2 Å². The van der Waals surface area contributed by atoms with Crippen LogP contribution in [0.3, 0.4) is 0 Å². The fourth-order valence-electron chi connectivity index (χ4n) is 4.02. The maximum atomic E-state index is 13.1. The first-order valence-electron chi connectivity index (χ1n) is 10.3. The zero-order valence-electron chi connectivity index (χ0n) is 17.7. The number of hydrogen-bond donors (Lipinski definition) is 0. The van der Waals surface area contributed by atoms with Crippen molar-refractivity contribution in [1.29, 1.82) is 0 Å². The number of aromatic nitrogens is 5. The van der Waals surface area contributed by atoms with E-state index in [1.54, 1.807) is 20.3 Å². The number of rotatable bonds is 5. The van der Waals surface area contributed by atoms with E-state index < -0.39 is 0 Å². The maximum Gasteiger partial charge on any atom is 0.276 e. The summed E-state index contributed by atoms with van der Waals surface area (Å²) in [5, 5.41) is 7.96. The molecular weight excluding hydrogens is 382 g/mol. The molecule has 1 unspecified atom stereocenters. The van der Waals surface area contributed by atoms with Gasteiger partial charge in [0.05, 0.1) is 23.3 Å². The van der Waals surface area contributed by atoms with Crippen LogP contribution in [0.2, 0.25) is 0 Å². The van der Waals surface area contributed by atoms with Gasteiger partial charge in [0, 0.05) is 33.6 Å². The van der Waals surface area contributed by atoms with E-state index in [1.807, 2.05) is 23.1 Å². The molecule has 0 N–H and O–H groups in total. The highest BCUT2D eigenvalue weighted by Crippen LogP contribution is 2.28. The third kappa shape index (κ3) is 3.79. The lowest BCUT2D eigenvalue weighted by atomic mass is 10.0. The van der Waals surface area contributed by atoms with Crippen molar-refractivity contribution < 1.29 is 9.59 Å². The van der Waals surface area contributed by atoms with Crippen molar-refractivity contribution in [2.45, 2.75) is 38.8 Å². The quantitative estimate of drug-likeness (QED) is 0.641. The van der Waals surface area contributed by atoms with Crippen LogP contribution < -0.4 is 0 Å². The molecule has 1 aliphatic rings. The predicted octanol–water partition coefficient (Wildman–Crippen LogP) is 1.76. The van der Waals surface area contributed by atoms with Crippen molar-refractivity contribution >= 4 is 22.8 Å². The Bertz CT molecular complexity index is 1070. The minimum Gasteiger partial charge on any atom is -0.347 e. The number of imidazole rings is 1. The van der Waals surface area contributed by atoms with Crippen molar-refractivity contribution in [3.8, 4) is 0 Å². The van der Waals surface area contributed by atoms with Gasteiger partial charge in [0.25, 0.3) is 5.91 Å². The SMILES string of the molecule is CCc1nc2ccccc2n1C1CCCN(C(=O)c2cn(CC(=O)N(C)C)nn2)C1. The average Bonchev–Trinajstić information content (AvgIpc) is 3.37. The number of likely N-dealkylation sites (N-methyl/N-ethyl adjacent to an activating group) is 1.